The highest BCUT2D eigenvalue weighted by Crippen LogP contribution is 2.16. The van der Waals surface area contributed by atoms with E-state index in [1.165, 1.54) is 0 Å². The van der Waals surface area contributed by atoms with Crippen molar-refractivity contribution < 1.29 is 9.53 Å². The summed E-state index contributed by atoms with van der Waals surface area (Å²) in [5.74, 6) is -0.122. The molecule has 1 aromatic heterocycles. The zero-order valence-corrected chi connectivity index (χ0v) is 12.8. The minimum atomic E-state index is -0.122. The minimum absolute atomic E-state index is 0.0252. The first-order chi connectivity index (χ1) is 9.58. The summed E-state index contributed by atoms with van der Waals surface area (Å²) in [4.78, 5) is 16.5. The van der Waals surface area contributed by atoms with E-state index < -0.39 is 0 Å². The maximum atomic E-state index is 12.3. The zero-order valence-electron chi connectivity index (χ0n) is 12.8. The number of aryl methyl sites for hydroxylation is 1. The van der Waals surface area contributed by atoms with Crippen LogP contribution in [-0.2, 0) is 4.74 Å². The third-order valence-electron chi connectivity index (χ3n) is 2.80. The van der Waals surface area contributed by atoms with Crippen LogP contribution in [0, 0.1) is 6.92 Å². The van der Waals surface area contributed by atoms with E-state index >= 15 is 0 Å². The van der Waals surface area contributed by atoms with Gasteiger partial charge in [0.2, 0.25) is 0 Å². The lowest BCUT2D eigenvalue weighted by atomic mass is 10.2. The summed E-state index contributed by atoms with van der Waals surface area (Å²) in [6.07, 6.45) is 2.62. The third kappa shape index (κ3) is 5.17. The zero-order chi connectivity index (χ0) is 15.0. The van der Waals surface area contributed by atoms with Gasteiger partial charge in [-0.25, -0.2) is 0 Å². The van der Waals surface area contributed by atoms with E-state index in [4.69, 9.17) is 4.74 Å². The topological polar surface area (TPSA) is 63.2 Å². The third-order valence-corrected chi connectivity index (χ3v) is 2.80. The Bertz CT molecular complexity index is 435. The minimum Gasteiger partial charge on any atom is -0.384 e. The molecule has 1 aromatic rings. The van der Waals surface area contributed by atoms with Crippen LogP contribution in [0.15, 0.2) is 12.3 Å². The largest absolute Gasteiger partial charge is 0.384 e. The number of hydrogen-bond donors (Lipinski definition) is 2. The Morgan fingerprint density at radius 3 is 2.85 bits per heavy atom. The standard InChI is InChI=1S/C15H25N3O2/c1-5-7-16-14-8-11(3)17-9-13(14)15(19)18-12(4)10-20-6-2/h8-9,12H,5-7,10H2,1-4H3,(H,16,17)(H,18,19). The van der Waals surface area contributed by atoms with Crippen molar-refractivity contribution in [3.8, 4) is 0 Å². The molecule has 0 aliphatic heterocycles. The summed E-state index contributed by atoms with van der Waals surface area (Å²) >= 11 is 0. The van der Waals surface area contributed by atoms with Gasteiger partial charge < -0.3 is 15.4 Å². The summed E-state index contributed by atoms with van der Waals surface area (Å²) in [5, 5.41) is 6.19. The molecule has 5 heteroatoms. The molecule has 1 heterocycles. The van der Waals surface area contributed by atoms with Crippen molar-refractivity contribution in [3.05, 3.63) is 23.5 Å². The molecule has 0 aromatic carbocycles. The van der Waals surface area contributed by atoms with Gasteiger partial charge in [-0.1, -0.05) is 6.92 Å². The normalized spacial score (nSPS) is 12.0. The molecule has 0 aliphatic rings. The fourth-order valence-corrected chi connectivity index (χ4v) is 1.78. The molecule has 1 rings (SSSR count). The Labute approximate surface area is 121 Å². The molecule has 2 N–H and O–H groups in total. The molecule has 0 aliphatic carbocycles. The number of carbonyl (C=O) groups is 1. The number of ether oxygens (including phenoxy) is 1. The Morgan fingerprint density at radius 1 is 1.45 bits per heavy atom. The molecule has 1 amide bonds. The van der Waals surface area contributed by atoms with Crippen LogP contribution in [-0.4, -0.2) is 36.7 Å². The van der Waals surface area contributed by atoms with Gasteiger partial charge in [0.1, 0.15) is 0 Å². The average molecular weight is 279 g/mol. The van der Waals surface area contributed by atoms with Gasteiger partial charge in [-0.3, -0.25) is 9.78 Å². The Balaban J connectivity index is 2.75. The number of nitrogens with one attached hydrogen (secondary N) is 2. The van der Waals surface area contributed by atoms with Gasteiger partial charge in [0.05, 0.1) is 17.9 Å². The predicted molar refractivity (Wildman–Crippen MR) is 81.2 cm³/mol. The van der Waals surface area contributed by atoms with Crippen molar-refractivity contribution in [1.82, 2.24) is 10.3 Å². The van der Waals surface area contributed by atoms with Crippen LogP contribution in [0.2, 0.25) is 0 Å². The summed E-state index contributed by atoms with van der Waals surface area (Å²) in [6, 6.07) is 1.88. The molecule has 5 nitrogen and oxygen atoms in total. The first kappa shape index (κ1) is 16.4. The van der Waals surface area contributed by atoms with Gasteiger partial charge in [0, 0.05) is 31.1 Å². The number of amides is 1. The maximum Gasteiger partial charge on any atom is 0.255 e. The number of pyridine rings is 1. The smallest absolute Gasteiger partial charge is 0.255 e. The van der Waals surface area contributed by atoms with Crippen molar-refractivity contribution in [2.75, 3.05) is 25.1 Å². The first-order valence-electron chi connectivity index (χ1n) is 7.17. The van der Waals surface area contributed by atoms with E-state index in [9.17, 15) is 4.79 Å². The number of nitrogens with zero attached hydrogens (tertiary/aromatic N) is 1. The van der Waals surface area contributed by atoms with Gasteiger partial charge in [-0.05, 0) is 33.3 Å². The molecule has 0 radical (unpaired) electrons. The molecule has 20 heavy (non-hydrogen) atoms. The van der Waals surface area contributed by atoms with E-state index in [1.54, 1.807) is 6.20 Å². The Hall–Kier alpha value is -1.62. The van der Waals surface area contributed by atoms with Gasteiger partial charge in [-0.2, -0.15) is 0 Å². The number of rotatable bonds is 8. The quantitative estimate of drug-likeness (QED) is 0.767. The lowest BCUT2D eigenvalue weighted by Gasteiger charge is -2.16. The van der Waals surface area contributed by atoms with Crippen LogP contribution >= 0.6 is 0 Å². The summed E-state index contributed by atoms with van der Waals surface area (Å²) in [7, 11) is 0. The molecular formula is C15H25N3O2. The molecule has 1 atom stereocenters. The van der Waals surface area contributed by atoms with Crippen LogP contribution in [0.3, 0.4) is 0 Å². The van der Waals surface area contributed by atoms with E-state index in [-0.39, 0.29) is 11.9 Å². The van der Waals surface area contributed by atoms with Gasteiger partial charge in [0.25, 0.3) is 5.91 Å². The number of aromatic nitrogens is 1. The predicted octanol–water partition coefficient (Wildman–Crippen LogP) is 2.37. The lowest BCUT2D eigenvalue weighted by Crippen LogP contribution is -2.36. The second-order valence-corrected chi connectivity index (χ2v) is 4.83. The lowest BCUT2D eigenvalue weighted by molar-refractivity contribution is 0.0872. The van der Waals surface area contributed by atoms with Gasteiger partial charge >= 0.3 is 0 Å². The van der Waals surface area contributed by atoms with Crippen LogP contribution in [0.25, 0.3) is 0 Å². The molecule has 0 saturated carbocycles. The van der Waals surface area contributed by atoms with Gasteiger partial charge in [0.15, 0.2) is 0 Å². The van der Waals surface area contributed by atoms with Crippen molar-refractivity contribution in [2.45, 2.75) is 40.2 Å². The highest BCUT2D eigenvalue weighted by atomic mass is 16.5. The van der Waals surface area contributed by atoms with E-state index in [1.807, 2.05) is 26.8 Å². The summed E-state index contributed by atoms with van der Waals surface area (Å²) in [5.41, 5.74) is 2.30. The number of hydrogen-bond acceptors (Lipinski definition) is 4. The number of carbonyl (C=O) groups excluding carboxylic acids is 1. The molecule has 0 bridgehead atoms. The molecular weight excluding hydrogens is 254 g/mol. The van der Waals surface area contributed by atoms with Crippen molar-refractivity contribution in [3.63, 3.8) is 0 Å². The highest BCUT2D eigenvalue weighted by molar-refractivity contribution is 5.99. The van der Waals surface area contributed by atoms with Crippen LogP contribution in [0.5, 0.6) is 0 Å². The van der Waals surface area contributed by atoms with Crippen LogP contribution in [0.4, 0.5) is 5.69 Å². The molecule has 0 fully saturated rings. The fourth-order valence-electron chi connectivity index (χ4n) is 1.78. The van der Waals surface area contributed by atoms with Crippen LogP contribution < -0.4 is 10.6 Å². The van der Waals surface area contributed by atoms with Crippen molar-refractivity contribution >= 4 is 11.6 Å². The molecule has 0 saturated heterocycles. The summed E-state index contributed by atoms with van der Waals surface area (Å²) in [6.45, 7) is 9.86. The SMILES string of the molecule is CCCNc1cc(C)ncc1C(=O)NC(C)COCC. The van der Waals surface area contributed by atoms with Crippen molar-refractivity contribution in [1.29, 1.82) is 0 Å². The first-order valence-corrected chi connectivity index (χ1v) is 7.17. The Morgan fingerprint density at radius 2 is 2.20 bits per heavy atom. The maximum absolute atomic E-state index is 12.3. The van der Waals surface area contributed by atoms with Crippen LogP contribution in [0.1, 0.15) is 43.2 Å². The Kier molecular flexibility index (Phi) is 7.01. The molecule has 0 spiro atoms. The average Bonchev–Trinajstić information content (AvgIpc) is 2.42. The highest BCUT2D eigenvalue weighted by Gasteiger charge is 2.14. The molecule has 112 valence electrons. The van der Waals surface area contributed by atoms with Gasteiger partial charge in [-0.15, -0.1) is 0 Å². The fraction of sp³-hybridized carbons (Fsp3) is 0.600. The second-order valence-electron chi connectivity index (χ2n) is 4.83. The van der Waals surface area contributed by atoms with E-state index in [2.05, 4.69) is 22.5 Å². The monoisotopic (exact) mass is 279 g/mol. The molecule has 1 unspecified atom stereocenters. The van der Waals surface area contributed by atoms with E-state index in [0.29, 0.717) is 18.8 Å². The number of anilines is 1. The second kappa shape index (κ2) is 8.53. The van der Waals surface area contributed by atoms with E-state index in [0.717, 1.165) is 24.3 Å². The van der Waals surface area contributed by atoms with Crippen molar-refractivity contribution in [2.24, 2.45) is 0 Å². The summed E-state index contributed by atoms with van der Waals surface area (Å²) < 4.78 is 5.30.